The molecule has 1 heterocycles. The molecule has 3 rings (SSSR count). The number of esters is 1. The smallest absolute Gasteiger partial charge is 0.351 e. The second-order valence-electron chi connectivity index (χ2n) is 6.40. The summed E-state index contributed by atoms with van der Waals surface area (Å²) in [6.45, 7) is -0.620. The number of benzene rings is 2. The molecule has 0 aliphatic carbocycles. The lowest BCUT2D eigenvalue weighted by Gasteiger charge is -2.18. The van der Waals surface area contributed by atoms with Crippen LogP contribution in [-0.2, 0) is 25.7 Å². The average Bonchev–Trinajstić information content (AvgIpc) is 3.19. The number of amides is 1. The van der Waals surface area contributed by atoms with E-state index in [9.17, 15) is 18.4 Å². The van der Waals surface area contributed by atoms with Crippen LogP contribution in [0, 0.1) is 11.6 Å². The van der Waals surface area contributed by atoms with Gasteiger partial charge in [0.25, 0.3) is 5.91 Å². The monoisotopic (exact) mass is 422 g/mol. The van der Waals surface area contributed by atoms with Crippen molar-refractivity contribution in [1.29, 1.82) is 0 Å². The van der Waals surface area contributed by atoms with Crippen molar-refractivity contribution < 1.29 is 27.9 Å². The van der Waals surface area contributed by atoms with Gasteiger partial charge in [0.1, 0.15) is 11.6 Å². The van der Waals surface area contributed by atoms with Crippen LogP contribution in [0.3, 0.4) is 0 Å². The molecule has 0 radical (unpaired) electrons. The van der Waals surface area contributed by atoms with Crippen molar-refractivity contribution in [2.24, 2.45) is 5.16 Å². The predicted octanol–water partition coefficient (Wildman–Crippen LogP) is 3.31. The fourth-order valence-corrected chi connectivity index (χ4v) is 2.91. The number of hydrogen-bond donors (Lipinski definition) is 0. The van der Waals surface area contributed by atoms with Gasteiger partial charge in [-0.05, 0) is 24.3 Å². The SMILES string of the molecule is CN(Cc1c(F)cccc1Cl)C(=O)COC(=O)C1CC(c2cccc(F)c2)=NO1. The Labute approximate surface area is 170 Å². The third-order valence-electron chi connectivity index (χ3n) is 4.31. The number of hydrogen-bond acceptors (Lipinski definition) is 5. The molecule has 0 bridgehead atoms. The molecule has 0 N–H and O–H groups in total. The van der Waals surface area contributed by atoms with Crippen LogP contribution in [0.5, 0.6) is 0 Å². The van der Waals surface area contributed by atoms with E-state index in [1.165, 1.54) is 48.3 Å². The van der Waals surface area contributed by atoms with Gasteiger partial charge in [-0.25, -0.2) is 13.6 Å². The first-order valence-corrected chi connectivity index (χ1v) is 9.05. The highest BCUT2D eigenvalue weighted by molar-refractivity contribution is 6.31. The zero-order valence-corrected chi connectivity index (χ0v) is 16.2. The Kier molecular flexibility index (Phi) is 6.43. The van der Waals surface area contributed by atoms with Crippen LogP contribution < -0.4 is 0 Å². The molecule has 9 heteroatoms. The molecule has 1 aliphatic heterocycles. The highest BCUT2D eigenvalue weighted by atomic mass is 35.5. The molecule has 1 amide bonds. The minimum Gasteiger partial charge on any atom is -0.453 e. The van der Waals surface area contributed by atoms with Crippen LogP contribution in [0.15, 0.2) is 47.6 Å². The number of ether oxygens (including phenoxy) is 1. The maximum atomic E-state index is 13.8. The van der Waals surface area contributed by atoms with Gasteiger partial charge in [-0.2, -0.15) is 0 Å². The molecule has 1 atom stereocenters. The van der Waals surface area contributed by atoms with Crippen LogP contribution in [0.4, 0.5) is 8.78 Å². The van der Waals surface area contributed by atoms with E-state index in [-0.39, 0.29) is 23.6 Å². The maximum absolute atomic E-state index is 13.8. The van der Waals surface area contributed by atoms with Crippen LogP contribution >= 0.6 is 11.6 Å². The molecule has 6 nitrogen and oxygen atoms in total. The maximum Gasteiger partial charge on any atom is 0.351 e. The second-order valence-corrected chi connectivity index (χ2v) is 6.81. The summed E-state index contributed by atoms with van der Waals surface area (Å²) in [5.74, 6) is -2.27. The molecule has 1 unspecified atom stereocenters. The van der Waals surface area contributed by atoms with Gasteiger partial charge in [-0.15, -0.1) is 0 Å². The van der Waals surface area contributed by atoms with E-state index in [1.54, 1.807) is 6.07 Å². The number of carbonyl (C=O) groups excluding carboxylic acids is 2. The normalized spacial score (nSPS) is 15.4. The molecule has 0 fully saturated rings. The molecule has 152 valence electrons. The lowest BCUT2D eigenvalue weighted by Crippen LogP contribution is -2.33. The lowest BCUT2D eigenvalue weighted by atomic mass is 10.1. The molecule has 1 aliphatic rings. The van der Waals surface area contributed by atoms with E-state index in [2.05, 4.69) is 5.16 Å². The molecule has 2 aromatic rings. The van der Waals surface area contributed by atoms with Gasteiger partial charge in [-0.3, -0.25) is 4.79 Å². The summed E-state index contributed by atoms with van der Waals surface area (Å²) in [6, 6.07) is 9.97. The number of halogens is 3. The van der Waals surface area contributed by atoms with E-state index < -0.39 is 36.2 Å². The van der Waals surface area contributed by atoms with Gasteiger partial charge in [0.05, 0.1) is 5.71 Å². The van der Waals surface area contributed by atoms with Crippen molar-refractivity contribution in [3.63, 3.8) is 0 Å². The molecular weight excluding hydrogens is 406 g/mol. The molecule has 0 aromatic heterocycles. The lowest BCUT2D eigenvalue weighted by molar-refractivity contribution is -0.160. The number of carbonyl (C=O) groups is 2. The number of oxime groups is 1. The summed E-state index contributed by atoms with van der Waals surface area (Å²) in [7, 11) is 1.44. The largest absolute Gasteiger partial charge is 0.453 e. The zero-order valence-electron chi connectivity index (χ0n) is 15.4. The van der Waals surface area contributed by atoms with Crippen molar-refractivity contribution in [2.45, 2.75) is 19.1 Å². The third kappa shape index (κ3) is 5.08. The highest BCUT2D eigenvalue weighted by Gasteiger charge is 2.31. The zero-order chi connectivity index (χ0) is 21.0. The van der Waals surface area contributed by atoms with Gasteiger partial charge in [0.2, 0.25) is 6.10 Å². The van der Waals surface area contributed by atoms with E-state index in [4.69, 9.17) is 21.2 Å². The van der Waals surface area contributed by atoms with Crippen molar-refractivity contribution in [2.75, 3.05) is 13.7 Å². The van der Waals surface area contributed by atoms with Crippen molar-refractivity contribution in [3.8, 4) is 0 Å². The average molecular weight is 423 g/mol. The molecule has 0 saturated carbocycles. The summed E-state index contributed by atoms with van der Waals surface area (Å²) in [4.78, 5) is 30.6. The quantitative estimate of drug-likeness (QED) is 0.670. The molecule has 29 heavy (non-hydrogen) atoms. The first-order valence-electron chi connectivity index (χ1n) is 8.67. The Bertz CT molecular complexity index is 947. The Morgan fingerprint density at radius 1 is 1.28 bits per heavy atom. The Morgan fingerprint density at radius 3 is 2.76 bits per heavy atom. The Morgan fingerprint density at radius 2 is 2.03 bits per heavy atom. The topological polar surface area (TPSA) is 68.2 Å². The second kappa shape index (κ2) is 9.00. The van der Waals surface area contributed by atoms with E-state index >= 15 is 0 Å². The van der Waals surface area contributed by atoms with Gasteiger partial charge in [0, 0.05) is 36.2 Å². The fraction of sp³-hybridized carbons (Fsp3) is 0.250. The minimum atomic E-state index is -1.02. The molecule has 0 spiro atoms. The number of rotatable bonds is 6. The van der Waals surface area contributed by atoms with Crippen molar-refractivity contribution in [1.82, 2.24) is 4.90 Å². The summed E-state index contributed by atoms with van der Waals surface area (Å²) in [6.07, 6.45) is -0.927. The minimum absolute atomic E-state index is 0.0748. The van der Waals surface area contributed by atoms with Gasteiger partial charge in [-0.1, -0.05) is 35.0 Å². The fourth-order valence-electron chi connectivity index (χ4n) is 2.69. The molecule has 2 aromatic carbocycles. The van der Waals surface area contributed by atoms with E-state index in [0.29, 0.717) is 11.3 Å². The Hall–Kier alpha value is -3.00. The van der Waals surface area contributed by atoms with Gasteiger partial charge in [0.15, 0.2) is 6.61 Å². The summed E-state index contributed by atoms with van der Waals surface area (Å²) in [5, 5.41) is 3.98. The summed E-state index contributed by atoms with van der Waals surface area (Å²) < 4.78 is 32.1. The molecular formula is C20H17ClF2N2O4. The van der Waals surface area contributed by atoms with Crippen molar-refractivity contribution >= 4 is 29.2 Å². The van der Waals surface area contributed by atoms with E-state index in [0.717, 1.165) is 0 Å². The van der Waals surface area contributed by atoms with Gasteiger partial charge >= 0.3 is 5.97 Å². The number of likely N-dealkylation sites (N-methyl/N-ethyl adjacent to an activating group) is 1. The first-order chi connectivity index (χ1) is 13.8. The first kappa shape index (κ1) is 20.7. The molecule has 0 saturated heterocycles. The summed E-state index contributed by atoms with van der Waals surface area (Å²) >= 11 is 5.95. The highest BCUT2D eigenvalue weighted by Crippen LogP contribution is 2.21. The summed E-state index contributed by atoms with van der Waals surface area (Å²) in [5.41, 5.74) is 1.07. The Balaban J connectivity index is 1.50. The predicted molar refractivity (Wildman–Crippen MR) is 101 cm³/mol. The van der Waals surface area contributed by atoms with Crippen LogP contribution in [0.2, 0.25) is 5.02 Å². The third-order valence-corrected chi connectivity index (χ3v) is 4.66. The van der Waals surface area contributed by atoms with E-state index in [1.807, 2.05) is 0 Å². The standard InChI is InChI=1S/C20H17ClF2N2O4/c1-25(10-14-15(21)6-3-7-16(14)23)19(26)11-28-20(27)18-9-17(24-29-18)12-4-2-5-13(22)8-12/h2-8,18H,9-11H2,1H3. The van der Waals surface area contributed by atoms with Gasteiger partial charge < -0.3 is 14.5 Å². The number of nitrogens with zero attached hydrogens (tertiary/aromatic N) is 2. The van der Waals surface area contributed by atoms with Crippen LogP contribution in [0.1, 0.15) is 17.5 Å². The van der Waals surface area contributed by atoms with Crippen molar-refractivity contribution in [3.05, 3.63) is 70.2 Å². The van der Waals surface area contributed by atoms with Crippen LogP contribution in [-0.4, -0.2) is 42.2 Å². The van der Waals surface area contributed by atoms with Crippen LogP contribution in [0.25, 0.3) is 0 Å².